The average Bonchev–Trinajstić information content (AvgIpc) is 2.47. The van der Waals surface area contributed by atoms with Gasteiger partial charge in [0.25, 0.3) is 0 Å². The van der Waals surface area contributed by atoms with Crippen LogP contribution in [0.5, 0.6) is 0 Å². The fourth-order valence-electron chi connectivity index (χ4n) is 1.82. The second kappa shape index (κ2) is 6.19. The van der Waals surface area contributed by atoms with Crippen LogP contribution in [0.25, 0.3) is 0 Å². The number of hydrogen-bond acceptors (Lipinski definition) is 6. The van der Waals surface area contributed by atoms with Crippen LogP contribution in [0.4, 0.5) is 17.3 Å². The molecule has 1 heterocycles. The maximum Gasteiger partial charge on any atom is 0.148 e. The zero-order valence-electron chi connectivity index (χ0n) is 10.8. The van der Waals surface area contributed by atoms with Crippen LogP contribution in [-0.4, -0.2) is 9.97 Å². The lowest BCUT2D eigenvalue weighted by Crippen LogP contribution is -2.13. The van der Waals surface area contributed by atoms with Crippen molar-refractivity contribution < 1.29 is 0 Å². The molecule has 0 radical (unpaired) electrons. The Morgan fingerprint density at radius 2 is 2.10 bits per heavy atom. The molecule has 0 aliphatic heterocycles. The molecule has 0 saturated carbocycles. The molecule has 0 fully saturated rings. The normalized spacial score (nSPS) is 9.90. The van der Waals surface area contributed by atoms with Crippen LogP contribution < -0.4 is 16.6 Å². The van der Waals surface area contributed by atoms with Gasteiger partial charge in [0.1, 0.15) is 24.0 Å². The predicted octanol–water partition coefficient (Wildman–Crippen LogP) is 2.59. The zero-order chi connectivity index (χ0) is 14.5. The molecule has 2 rings (SSSR count). The monoisotopic (exact) mass is 288 g/mol. The van der Waals surface area contributed by atoms with Gasteiger partial charge in [-0.1, -0.05) is 18.5 Å². The summed E-state index contributed by atoms with van der Waals surface area (Å²) in [5.41, 5.74) is 4.44. The first-order valence-corrected chi connectivity index (χ1v) is 6.34. The number of halogens is 1. The number of hydrogen-bond donors (Lipinski definition) is 3. The first-order valence-electron chi connectivity index (χ1n) is 5.96. The van der Waals surface area contributed by atoms with Crippen molar-refractivity contribution in [3.63, 3.8) is 0 Å². The van der Waals surface area contributed by atoms with E-state index in [2.05, 4.69) is 26.8 Å². The standard InChI is InChI=1S/C13H13ClN6/c1-2-10-12(17-7-18-13(10)20-16)19-11-5-9(14)4-3-8(11)6-15/h3-5,7H,2,16H2,1H3,(H2,17,18,19,20). The number of nitrogens with one attached hydrogen (secondary N) is 2. The zero-order valence-corrected chi connectivity index (χ0v) is 11.6. The smallest absolute Gasteiger partial charge is 0.148 e. The Morgan fingerprint density at radius 3 is 2.75 bits per heavy atom. The van der Waals surface area contributed by atoms with E-state index in [1.54, 1.807) is 18.2 Å². The maximum atomic E-state index is 9.12. The molecule has 2 aromatic rings. The highest BCUT2D eigenvalue weighted by Gasteiger charge is 2.11. The van der Waals surface area contributed by atoms with Gasteiger partial charge in [-0.05, 0) is 24.6 Å². The molecule has 1 aromatic carbocycles. The Morgan fingerprint density at radius 1 is 1.35 bits per heavy atom. The SMILES string of the molecule is CCc1c(NN)ncnc1Nc1cc(Cl)ccc1C#N. The Balaban J connectivity index is 2.45. The molecule has 20 heavy (non-hydrogen) atoms. The predicted molar refractivity (Wildman–Crippen MR) is 78.7 cm³/mol. The highest BCUT2D eigenvalue weighted by Crippen LogP contribution is 2.27. The third kappa shape index (κ3) is 2.79. The lowest BCUT2D eigenvalue weighted by molar-refractivity contribution is 1.04. The number of nitrogen functional groups attached to an aromatic ring is 1. The quantitative estimate of drug-likeness (QED) is 0.591. The van der Waals surface area contributed by atoms with E-state index in [1.165, 1.54) is 6.33 Å². The highest BCUT2D eigenvalue weighted by molar-refractivity contribution is 6.30. The van der Waals surface area contributed by atoms with Gasteiger partial charge in [-0.2, -0.15) is 5.26 Å². The molecule has 0 amide bonds. The summed E-state index contributed by atoms with van der Waals surface area (Å²) in [7, 11) is 0. The molecule has 0 unspecified atom stereocenters. The van der Waals surface area contributed by atoms with Crippen molar-refractivity contribution in [2.24, 2.45) is 5.84 Å². The summed E-state index contributed by atoms with van der Waals surface area (Å²) < 4.78 is 0. The van der Waals surface area contributed by atoms with Crippen LogP contribution in [0.3, 0.4) is 0 Å². The Kier molecular flexibility index (Phi) is 4.35. The Labute approximate surface area is 121 Å². The van der Waals surface area contributed by atoms with E-state index in [9.17, 15) is 0 Å². The molecule has 4 N–H and O–H groups in total. The highest BCUT2D eigenvalue weighted by atomic mass is 35.5. The maximum absolute atomic E-state index is 9.12. The van der Waals surface area contributed by atoms with Crippen LogP contribution in [0.15, 0.2) is 24.5 Å². The minimum absolute atomic E-state index is 0.484. The summed E-state index contributed by atoms with van der Waals surface area (Å²) >= 11 is 5.96. The van der Waals surface area contributed by atoms with E-state index >= 15 is 0 Å². The van der Waals surface area contributed by atoms with Crippen molar-refractivity contribution in [3.8, 4) is 6.07 Å². The molecule has 0 spiro atoms. The van der Waals surface area contributed by atoms with Gasteiger partial charge in [0, 0.05) is 10.6 Å². The van der Waals surface area contributed by atoms with Gasteiger partial charge in [0.15, 0.2) is 0 Å². The minimum atomic E-state index is 0.484. The van der Waals surface area contributed by atoms with E-state index in [0.717, 1.165) is 5.56 Å². The van der Waals surface area contributed by atoms with Crippen molar-refractivity contribution in [3.05, 3.63) is 40.7 Å². The minimum Gasteiger partial charge on any atom is -0.339 e. The number of benzene rings is 1. The second-order valence-electron chi connectivity index (χ2n) is 3.97. The summed E-state index contributed by atoms with van der Waals surface area (Å²) in [6, 6.07) is 7.10. The van der Waals surface area contributed by atoms with Gasteiger partial charge in [0.2, 0.25) is 0 Å². The van der Waals surface area contributed by atoms with Gasteiger partial charge in [-0.25, -0.2) is 15.8 Å². The van der Waals surface area contributed by atoms with Gasteiger partial charge in [-0.15, -0.1) is 0 Å². The molecular formula is C13H13ClN6. The average molecular weight is 289 g/mol. The molecule has 102 valence electrons. The van der Waals surface area contributed by atoms with Gasteiger partial charge in [-0.3, -0.25) is 0 Å². The van der Waals surface area contributed by atoms with E-state index in [4.69, 9.17) is 22.7 Å². The largest absolute Gasteiger partial charge is 0.339 e. The Hall–Kier alpha value is -2.36. The molecule has 1 aromatic heterocycles. The lowest BCUT2D eigenvalue weighted by atomic mass is 10.1. The first kappa shape index (κ1) is 14.1. The van der Waals surface area contributed by atoms with Crippen molar-refractivity contribution in [2.75, 3.05) is 10.7 Å². The van der Waals surface area contributed by atoms with Crippen LogP contribution in [0.2, 0.25) is 5.02 Å². The fourth-order valence-corrected chi connectivity index (χ4v) is 2.00. The first-order chi connectivity index (χ1) is 9.69. The number of nitrogens with zero attached hydrogens (tertiary/aromatic N) is 3. The molecule has 0 atom stereocenters. The lowest BCUT2D eigenvalue weighted by Gasteiger charge is -2.13. The molecule has 0 saturated heterocycles. The summed E-state index contributed by atoms with van der Waals surface area (Å²) in [5.74, 6) is 6.57. The molecular weight excluding hydrogens is 276 g/mol. The molecule has 7 heteroatoms. The fraction of sp³-hybridized carbons (Fsp3) is 0.154. The number of rotatable bonds is 4. The van der Waals surface area contributed by atoms with Crippen molar-refractivity contribution in [1.82, 2.24) is 9.97 Å². The summed E-state index contributed by atoms with van der Waals surface area (Å²) in [6.45, 7) is 1.97. The Bertz CT molecular complexity index is 664. The topological polar surface area (TPSA) is 99.7 Å². The van der Waals surface area contributed by atoms with Crippen LogP contribution in [0.1, 0.15) is 18.1 Å². The number of anilines is 3. The third-order valence-corrected chi connectivity index (χ3v) is 3.03. The summed E-state index contributed by atoms with van der Waals surface area (Å²) in [5, 5.41) is 12.8. The van der Waals surface area contributed by atoms with E-state index in [0.29, 0.717) is 34.3 Å². The van der Waals surface area contributed by atoms with Crippen LogP contribution >= 0.6 is 11.6 Å². The second-order valence-corrected chi connectivity index (χ2v) is 4.41. The van der Waals surface area contributed by atoms with Gasteiger partial charge in [0.05, 0.1) is 11.3 Å². The molecule has 0 aliphatic carbocycles. The third-order valence-electron chi connectivity index (χ3n) is 2.79. The number of aromatic nitrogens is 2. The number of nitrogens with two attached hydrogens (primary N) is 1. The van der Waals surface area contributed by atoms with E-state index in [-0.39, 0.29) is 0 Å². The van der Waals surface area contributed by atoms with Crippen molar-refractivity contribution in [2.45, 2.75) is 13.3 Å². The molecule has 0 bridgehead atoms. The van der Waals surface area contributed by atoms with Crippen molar-refractivity contribution >= 4 is 28.9 Å². The van der Waals surface area contributed by atoms with Gasteiger partial charge >= 0.3 is 0 Å². The molecule has 0 aliphatic rings. The van der Waals surface area contributed by atoms with E-state index in [1.807, 2.05) is 6.92 Å². The molecule has 6 nitrogen and oxygen atoms in total. The van der Waals surface area contributed by atoms with Crippen LogP contribution in [-0.2, 0) is 6.42 Å². The van der Waals surface area contributed by atoms with Crippen LogP contribution in [0, 0.1) is 11.3 Å². The van der Waals surface area contributed by atoms with Crippen molar-refractivity contribution in [1.29, 1.82) is 5.26 Å². The van der Waals surface area contributed by atoms with Gasteiger partial charge < -0.3 is 10.7 Å². The number of hydrazine groups is 1. The number of nitriles is 1. The summed E-state index contributed by atoms with van der Waals surface area (Å²) in [6.07, 6.45) is 2.08. The summed E-state index contributed by atoms with van der Waals surface area (Å²) in [4.78, 5) is 8.24. The van der Waals surface area contributed by atoms with E-state index < -0.39 is 0 Å².